The Kier molecular flexibility index (Phi) is 4.88. The largest absolute Gasteiger partial charge is 0.351 e. The minimum absolute atomic E-state index is 0.0712. The quantitative estimate of drug-likeness (QED) is 0.907. The Hall–Kier alpha value is -2.30. The van der Waals surface area contributed by atoms with Gasteiger partial charge in [0.05, 0.1) is 0 Å². The number of hydrogen-bond donors (Lipinski definition) is 2. The van der Waals surface area contributed by atoms with Gasteiger partial charge in [0.25, 0.3) is 5.91 Å². The number of para-hydroxylation sites is 1. The topological polar surface area (TPSA) is 65.2 Å². The van der Waals surface area contributed by atoms with Gasteiger partial charge in [0.1, 0.15) is 5.69 Å². The van der Waals surface area contributed by atoms with E-state index in [1.54, 1.807) is 0 Å². The van der Waals surface area contributed by atoms with Gasteiger partial charge in [-0.25, -0.2) is 0 Å². The summed E-state index contributed by atoms with van der Waals surface area (Å²) in [7, 11) is 0. The third-order valence-corrected chi connectivity index (χ3v) is 4.54. The van der Waals surface area contributed by atoms with Crippen molar-refractivity contribution in [1.82, 2.24) is 15.2 Å². The number of fused-ring (bicyclic) bond motifs is 1. The van der Waals surface area contributed by atoms with Gasteiger partial charge >= 0.3 is 0 Å². The van der Waals surface area contributed by atoms with E-state index in [0.717, 1.165) is 36.8 Å². The van der Waals surface area contributed by atoms with Crippen molar-refractivity contribution in [3.05, 3.63) is 36.0 Å². The van der Waals surface area contributed by atoms with E-state index in [2.05, 4.69) is 24.1 Å². The molecule has 0 saturated carbocycles. The summed E-state index contributed by atoms with van der Waals surface area (Å²) < 4.78 is 0. The standard InChI is InChI=1S/C19H25N3O2/c1-13(2)11-18(23)22-9-7-15(8-10-22)20-19(24)17-12-14-5-3-4-6-16(14)21-17/h3-6,12-13,15,21H,7-11H2,1-2H3,(H,20,24). The smallest absolute Gasteiger partial charge is 0.267 e. The number of amides is 2. The van der Waals surface area contributed by atoms with Gasteiger partial charge < -0.3 is 15.2 Å². The van der Waals surface area contributed by atoms with Crippen LogP contribution in [0.25, 0.3) is 10.9 Å². The van der Waals surface area contributed by atoms with Crippen LogP contribution >= 0.6 is 0 Å². The van der Waals surface area contributed by atoms with E-state index in [1.807, 2.05) is 35.2 Å². The molecule has 3 rings (SSSR count). The highest BCUT2D eigenvalue weighted by molar-refractivity contribution is 5.98. The molecule has 0 radical (unpaired) electrons. The molecule has 128 valence electrons. The van der Waals surface area contributed by atoms with E-state index >= 15 is 0 Å². The van der Waals surface area contributed by atoms with Gasteiger partial charge in [-0.05, 0) is 30.9 Å². The highest BCUT2D eigenvalue weighted by Crippen LogP contribution is 2.17. The fourth-order valence-corrected chi connectivity index (χ4v) is 3.21. The molecular weight excluding hydrogens is 302 g/mol. The van der Waals surface area contributed by atoms with E-state index in [-0.39, 0.29) is 17.9 Å². The van der Waals surface area contributed by atoms with Crippen molar-refractivity contribution in [3.63, 3.8) is 0 Å². The molecule has 1 aromatic heterocycles. The van der Waals surface area contributed by atoms with Gasteiger partial charge in [-0.15, -0.1) is 0 Å². The molecule has 1 aliphatic heterocycles. The minimum Gasteiger partial charge on any atom is -0.351 e. The summed E-state index contributed by atoms with van der Waals surface area (Å²) in [6.07, 6.45) is 2.23. The fourth-order valence-electron chi connectivity index (χ4n) is 3.21. The number of aromatic amines is 1. The number of piperidine rings is 1. The monoisotopic (exact) mass is 327 g/mol. The lowest BCUT2D eigenvalue weighted by Gasteiger charge is -2.32. The van der Waals surface area contributed by atoms with Crippen LogP contribution in [0.1, 0.15) is 43.6 Å². The lowest BCUT2D eigenvalue weighted by molar-refractivity contribution is -0.133. The maximum atomic E-state index is 12.4. The predicted octanol–water partition coefficient (Wildman–Crippen LogP) is 2.93. The molecule has 1 aromatic carbocycles. The summed E-state index contributed by atoms with van der Waals surface area (Å²) >= 11 is 0. The zero-order valence-corrected chi connectivity index (χ0v) is 14.3. The Labute approximate surface area is 142 Å². The zero-order chi connectivity index (χ0) is 17.1. The summed E-state index contributed by atoms with van der Waals surface area (Å²) in [6, 6.07) is 9.87. The van der Waals surface area contributed by atoms with Gasteiger partial charge in [0, 0.05) is 36.5 Å². The average Bonchev–Trinajstić information content (AvgIpc) is 2.99. The Bertz CT molecular complexity index is 694. The highest BCUT2D eigenvalue weighted by atomic mass is 16.2. The third-order valence-electron chi connectivity index (χ3n) is 4.54. The van der Waals surface area contributed by atoms with Crippen LogP contribution in [-0.2, 0) is 4.79 Å². The Morgan fingerprint density at radius 3 is 2.62 bits per heavy atom. The van der Waals surface area contributed by atoms with Gasteiger partial charge in [-0.1, -0.05) is 32.0 Å². The SMILES string of the molecule is CC(C)CC(=O)N1CCC(NC(=O)c2cc3ccccc3[nH]2)CC1. The number of nitrogens with one attached hydrogen (secondary N) is 2. The number of aromatic nitrogens is 1. The molecule has 1 saturated heterocycles. The first-order valence-corrected chi connectivity index (χ1v) is 8.69. The molecule has 2 heterocycles. The molecule has 0 atom stereocenters. The molecule has 0 aliphatic carbocycles. The number of carbonyl (C=O) groups is 2. The van der Waals surface area contributed by atoms with E-state index in [4.69, 9.17) is 0 Å². The molecule has 2 N–H and O–H groups in total. The van der Waals surface area contributed by atoms with Crippen molar-refractivity contribution >= 4 is 22.7 Å². The van der Waals surface area contributed by atoms with Crippen LogP contribution in [0, 0.1) is 5.92 Å². The van der Waals surface area contributed by atoms with E-state index in [1.165, 1.54) is 0 Å². The summed E-state index contributed by atoms with van der Waals surface area (Å²) in [5.41, 5.74) is 1.56. The van der Waals surface area contributed by atoms with Gasteiger partial charge in [0.15, 0.2) is 0 Å². The van der Waals surface area contributed by atoms with Gasteiger partial charge in [0.2, 0.25) is 5.91 Å². The Balaban J connectivity index is 1.54. The second-order valence-electron chi connectivity index (χ2n) is 7.00. The lowest BCUT2D eigenvalue weighted by Crippen LogP contribution is -2.46. The molecule has 5 nitrogen and oxygen atoms in total. The van der Waals surface area contributed by atoms with Crippen LogP contribution in [0.2, 0.25) is 0 Å². The predicted molar refractivity (Wildman–Crippen MR) is 94.8 cm³/mol. The van der Waals surface area contributed by atoms with E-state index < -0.39 is 0 Å². The van der Waals surface area contributed by atoms with Crippen molar-refractivity contribution in [1.29, 1.82) is 0 Å². The molecule has 1 aliphatic rings. The molecule has 0 spiro atoms. The van der Waals surface area contributed by atoms with Crippen LogP contribution in [0.4, 0.5) is 0 Å². The first-order valence-electron chi connectivity index (χ1n) is 8.69. The number of nitrogens with zero attached hydrogens (tertiary/aromatic N) is 1. The molecule has 0 unspecified atom stereocenters. The number of hydrogen-bond acceptors (Lipinski definition) is 2. The van der Waals surface area contributed by atoms with Crippen LogP contribution in [0.15, 0.2) is 30.3 Å². The van der Waals surface area contributed by atoms with Crippen LogP contribution < -0.4 is 5.32 Å². The number of H-pyrrole nitrogens is 1. The number of likely N-dealkylation sites (tertiary alicyclic amines) is 1. The maximum Gasteiger partial charge on any atom is 0.267 e. The molecule has 1 fully saturated rings. The summed E-state index contributed by atoms with van der Waals surface area (Å²) in [6.45, 7) is 5.57. The highest BCUT2D eigenvalue weighted by Gasteiger charge is 2.24. The second kappa shape index (κ2) is 7.07. The summed E-state index contributed by atoms with van der Waals surface area (Å²) in [5.74, 6) is 0.542. The lowest BCUT2D eigenvalue weighted by atomic mass is 10.0. The fraction of sp³-hybridized carbons (Fsp3) is 0.474. The van der Waals surface area contributed by atoms with Crippen LogP contribution in [-0.4, -0.2) is 40.8 Å². The first-order chi connectivity index (χ1) is 11.5. The second-order valence-corrected chi connectivity index (χ2v) is 7.00. The van der Waals surface area contributed by atoms with Crippen LogP contribution in [0.3, 0.4) is 0 Å². The third kappa shape index (κ3) is 3.78. The minimum atomic E-state index is -0.0712. The van der Waals surface area contributed by atoms with Crippen molar-refractivity contribution < 1.29 is 9.59 Å². The van der Waals surface area contributed by atoms with Gasteiger partial charge in [-0.2, -0.15) is 0 Å². The van der Waals surface area contributed by atoms with Crippen molar-refractivity contribution in [2.45, 2.75) is 39.2 Å². The van der Waals surface area contributed by atoms with Crippen molar-refractivity contribution in [2.75, 3.05) is 13.1 Å². The average molecular weight is 327 g/mol. The Morgan fingerprint density at radius 2 is 1.96 bits per heavy atom. The molecule has 24 heavy (non-hydrogen) atoms. The molecule has 2 amide bonds. The van der Waals surface area contributed by atoms with E-state index in [0.29, 0.717) is 18.0 Å². The van der Waals surface area contributed by atoms with Gasteiger partial charge in [-0.3, -0.25) is 9.59 Å². The zero-order valence-electron chi connectivity index (χ0n) is 14.3. The maximum absolute atomic E-state index is 12.4. The van der Waals surface area contributed by atoms with Crippen molar-refractivity contribution in [2.24, 2.45) is 5.92 Å². The molecule has 0 bridgehead atoms. The molecular formula is C19H25N3O2. The number of carbonyl (C=O) groups excluding carboxylic acids is 2. The normalized spacial score (nSPS) is 15.9. The van der Waals surface area contributed by atoms with E-state index in [9.17, 15) is 9.59 Å². The van der Waals surface area contributed by atoms with Crippen LogP contribution in [0.5, 0.6) is 0 Å². The first kappa shape index (κ1) is 16.6. The summed E-state index contributed by atoms with van der Waals surface area (Å²) in [4.78, 5) is 29.6. The number of rotatable bonds is 4. The summed E-state index contributed by atoms with van der Waals surface area (Å²) in [5, 5.41) is 4.13. The Morgan fingerprint density at radius 1 is 1.25 bits per heavy atom. The number of benzene rings is 1. The molecule has 5 heteroatoms. The molecule has 2 aromatic rings. The van der Waals surface area contributed by atoms with Crippen molar-refractivity contribution in [3.8, 4) is 0 Å².